The molecule has 0 fully saturated rings. The second kappa shape index (κ2) is 9.19. The lowest BCUT2D eigenvalue weighted by molar-refractivity contribution is 0.703. The third-order valence-electron chi connectivity index (χ3n) is 3.77. The van der Waals surface area contributed by atoms with Crippen LogP contribution in [0.15, 0.2) is 46.5 Å². The number of hydrogen-bond donors (Lipinski definition) is 0. The molecular formula is C20H25N. The average Bonchev–Trinajstić information content (AvgIpc) is 2.54. The predicted molar refractivity (Wildman–Crippen MR) is 91.4 cm³/mol. The molecule has 1 nitrogen and oxygen atoms in total. The summed E-state index contributed by atoms with van der Waals surface area (Å²) in [6.07, 6.45) is 10.3. The lowest BCUT2D eigenvalue weighted by atomic mass is 9.92. The highest BCUT2D eigenvalue weighted by Gasteiger charge is 2.08. The van der Waals surface area contributed by atoms with Gasteiger partial charge >= 0.3 is 0 Å². The van der Waals surface area contributed by atoms with Crippen molar-refractivity contribution in [2.24, 2.45) is 4.99 Å². The molecule has 0 amide bonds. The summed E-state index contributed by atoms with van der Waals surface area (Å²) in [4.78, 5) is 4.61. The second-order valence-corrected chi connectivity index (χ2v) is 5.57. The van der Waals surface area contributed by atoms with Crippen LogP contribution in [-0.2, 0) is 6.54 Å². The maximum Gasteiger partial charge on any atom is 0.0639 e. The van der Waals surface area contributed by atoms with E-state index < -0.39 is 0 Å². The highest BCUT2D eigenvalue weighted by atomic mass is 14.7. The van der Waals surface area contributed by atoms with E-state index in [0.717, 1.165) is 25.8 Å². The number of hydrogen-bond acceptors (Lipinski definition) is 1. The van der Waals surface area contributed by atoms with Crippen molar-refractivity contribution < 1.29 is 0 Å². The summed E-state index contributed by atoms with van der Waals surface area (Å²) >= 11 is 0. The van der Waals surface area contributed by atoms with Gasteiger partial charge in [-0.05, 0) is 43.2 Å². The summed E-state index contributed by atoms with van der Waals surface area (Å²) in [5.41, 5.74) is 3.95. The van der Waals surface area contributed by atoms with Gasteiger partial charge < -0.3 is 0 Å². The molecule has 0 saturated carbocycles. The first-order valence-corrected chi connectivity index (χ1v) is 8.15. The van der Waals surface area contributed by atoms with Crippen LogP contribution in [0.1, 0.15) is 57.4 Å². The molecule has 1 aliphatic carbocycles. The van der Waals surface area contributed by atoms with E-state index in [1.165, 1.54) is 42.4 Å². The molecule has 1 aliphatic rings. The Hall–Kier alpha value is -1.81. The van der Waals surface area contributed by atoms with E-state index in [-0.39, 0.29) is 0 Å². The number of allylic oxidation sites excluding steroid dienone is 2. The SMILES string of the molecule is CCCCC#CC1=C(C=NCc2ccccc2)CCCC1. The van der Waals surface area contributed by atoms with Crippen LogP contribution in [0.5, 0.6) is 0 Å². The fourth-order valence-electron chi connectivity index (χ4n) is 2.49. The molecule has 1 heteroatoms. The van der Waals surface area contributed by atoms with Gasteiger partial charge in [0.2, 0.25) is 0 Å². The van der Waals surface area contributed by atoms with Crippen LogP contribution in [0.3, 0.4) is 0 Å². The molecule has 0 spiro atoms. The first kappa shape index (κ1) is 15.6. The first-order valence-electron chi connectivity index (χ1n) is 8.15. The summed E-state index contributed by atoms with van der Waals surface area (Å²) in [6.45, 7) is 2.98. The van der Waals surface area contributed by atoms with Crippen molar-refractivity contribution in [3.63, 3.8) is 0 Å². The molecule has 21 heavy (non-hydrogen) atoms. The van der Waals surface area contributed by atoms with Gasteiger partial charge in [0.1, 0.15) is 0 Å². The van der Waals surface area contributed by atoms with Gasteiger partial charge in [-0.2, -0.15) is 0 Å². The van der Waals surface area contributed by atoms with E-state index in [0.29, 0.717) is 0 Å². The van der Waals surface area contributed by atoms with Gasteiger partial charge in [-0.25, -0.2) is 0 Å². The van der Waals surface area contributed by atoms with E-state index in [1.807, 2.05) is 6.07 Å². The summed E-state index contributed by atoms with van der Waals surface area (Å²) < 4.78 is 0. The van der Waals surface area contributed by atoms with Crippen LogP contribution >= 0.6 is 0 Å². The quantitative estimate of drug-likeness (QED) is 0.393. The molecule has 0 radical (unpaired) electrons. The van der Waals surface area contributed by atoms with Crippen molar-refractivity contribution in [1.82, 2.24) is 0 Å². The van der Waals surface area contributed by atoms with Gasteiger partial charge in [-0.3, -0.25) is 4.99 Å². The van der Waals surface area contributed by atoms with Crippen molar-refractivity contribution in [1.29, 1.82) is 0 Å². The molecule has 0 bridgehead atoms. The standard InChI is InChI=1S/C20H25N/c1-2-3-4-8-13-19-14-9-10-15-20(19)17-21-16-18-11-6-5-7-12-18/h5-7,11-12,17H,2-4,9-10,14-16H2,1H3. The fraction of sp³-hybridized carbons (Fsp3) is 0.450. The smallest absolute Gasteiger partial charge is 0.0639 e. The van der Waals surface area contributed by atoms with Crippen LogP contribution in [0.25, 0.3) is 0 Å². The summed E-state index contributed by atoms with van der Waals surface area (Å²) in [5.74, 6) is 6.72. The maximum absolute atomic E-state index is 4.61. The Morgan fingerprint density at radius 3 is 2.76 bits per heavy atom. The van der Waals surface area contributed by atoms with Crippen LogP contribution < -0.4 is 0 Å². The lowest BCUT2D eigenvalue weighted by Gasteiger charge is -2.13. The molecule has 110 valence electrons. The van der Waals surface area contributed by atoms with Crippen molar-refractivity contribution in [2.45, 2.75) is 58.4 Å². The third-order valence-corrected chi connectivity index (χ3v) is 3.77. The largest absolute Gasteiger partial charge is 0.288 e. The maximum atomic E-state index is 4.61. The molecule has 1 aromatic carbocycles. The van der Waals surface area contributed by atoms with Gasteiger partial charge in [0.05, 0.1) is 6.54 Å². The zero-order valence-electron chi connectivity index (χ0n) is 13.1. The summed E-state index contributed by atoms with van der Waals surface area (Å²) in [5, 5.41) is 0. The predicted octanol–water partition coefficient (Wildman–Crippen LogP) is 5.32. The van der Waals surface area contributed by atoms with Crippen molar-refractivity contribution in [3.8, 4) is 11.8 Å². The van der Waals surface area contributed by atoms with Gasteiger partial charge in [-0.1, -0.05) is 55.5 Å². The van der Waals surface area contributed by atoms with Crippen molar-refractivity contribution in [3.05, 3.63) is 47.0 Å². The van der Waals surface area contributed by atoms with E-state index in [9.17, 15) is 0 Å². The second-order valence-electron chi connectivity index (χ2n) is 5.57. The highest BCUT2D eigenvalue weighted by Crippen LogP contribution is 2.23. The van der Waals surface area contributed by atoms with E-state index in [1.54, 1.807) is 0 Å². The molecule has 0 aromatic heterocycles. The molecule has 0 saturated heterocycles. The van der Waals surface area contributed by atoms with Gasteiger partial charge in [0.15, 0.2) is 0 Å². The highest BCUT2D eigenvalue weighted by molar-refractivity contribution is 5.81. The molecular weight excluding hydrogens is 254 g/mol. The summed E-state index contributed by atoms with van der Waals surface area (Å²) in [7, 11) is 0. The zero-order chi connectivity index (χ0) is 14.8. The Balaban J connectivity index is 1.99. The minimum Gasteiger partial charge on any atom is -0.288 e. The Morgan fingerprint density at radius 2 is 1.95 bits per heavy atom. The monoisotopic (exact) mass is 279 g/mol. The van der Waals surface area contributed by atoms with Crippen molar-refractivity contribution in [2.75, 3.05) is 0 Å². The van der Waals surface area contributed by atoms with Gasteiger partial charge in [-0.15, -0.1) is 0 Å². The topological polar surface area (TPSA) is 12.4 Å². The lowest BCUT2D eigenvalue weighted by Crippen LogP contribution is -2.00. The molecule has 0 unspecified atom stereocenters. The zero-order valence-corrected chi connectivity index (χ0v) is 13.1. The van der Waals surface area contributed by atoms with Crippen LogP contribution in [0, 0.1) is 11.8 Å². The number of benzene rings is 1. The molecule has 0 heterocycles. The third kappa shape index (κ3) is 5.60. The Morgan fingerprint density at radius 1 is 1.14 bits per heavy atom. The van der Waals surface area contributed by atoms with Crippen molar-refractivity contribution >= 4 is 6.21 Å². The Labute approximate surface area is 129 Å². The number of unbranched alkanes of at least 4 members (excludes halogenated alkanes) is 2. The summed E-state index contributed by atoms with van der Waals surface area (Å²) in [6, 6.07) is 10.4. The van der Waals surface area contributed by atoms with E-state index >= 15 is 0 Å². The first-order chi connectivity index (χ1) is 10.4. The van der Waals surface area contributed by atoms with Gasteiger partial charge in [0.25, 0.3) is 0 Å². The van der Waals surface area contributed by atoms with Crippen LogP contribution in [0.4, 0.5) is 0 Å². The Kier molecular flexibility index (Phi) is 6.81. The van der Waals surface area contributed by atoms with Crippen LogP contribution in [-0.4, -0.2) is 6.21 Å². The minimum atomic E-state index is 0.765. The van der Waals surface area contributed by atoms with Crippen LogP contribution in [0.2, 0.25) is 0 Å². The molecule has 2 rings (SSSR count). The number of rotatable bonds is 5. The molecule has 1 aromatic rings. The van der Waals surface area contributed by atoms with E-state index in [4.69, 9.17) is 0 Å². The number of nitrogens with zero attached hydrogens (tertiary/aromatic N) is 1. The Bertz CT molecular complexity index is 540. The number of aliphatic imine (C=N–C) groups is 1. The normalized spacial score (nSPS) is 15.1. The molecule has 0 N–H and O–H groups in total. The molecule has 0 aliphatic heterocycles. The minimum absolute atomic E-state index is 0.765. The van der Waals surface area contributed by atoms with Gasteiger partial charge in [0, 0.05) is 18.2 Å². The fourth-order valence-corrected chi connectivity index (χ4v) is 2.49. The average molecular weight is 279 g/mol. The van der Waals surface area contributed by atoms with E-state index in [2.05, 4.69) is 54.2 Å². The molecule has 0 atom stereocenters.